The van der Waals surface area contributed by atoms with Crippen LogP contribution >= 0.6 is 0 Å². The van der Waals surface area contributed by atoms with Crippen molar-refractivity contribution in [3.8, 4) is 0 Å². The minimum atomic E-state index is -0.111. The molecule has 7 heteroatoms. The predicted molar refractivity (Wildman–Crippen MR) is 78.7 cm³/mol. The molecule has 1 saturated heterocycles. The van der Waals surface area contributed by atoms with Crippen LogP contribution in [0, 0.1) is 6.92 Å². The van der Waals surface area contributed by atoms with Crippen molar-refractivity contribution in [2.45, 2.75) is 32.6 Å². The molecule has 0 aromatic carbocycles. The summed E-state index contributed by atoms with van der Waals surface area (Å²) >= 11 is 0. The number of aromatic nitrogens is 2. The summed E-state index contributed by atoms with van der Waals surface area (Å²) in [7, 11) is 0. The summed E-state index contributed by atoms with van der Waals surface area (Å²) in [5.74, 6) is 0.247. The smallest absolute Gasteiger partial charge is 0.229 e. The lowest BCUT2D eigenvalue weighted by Crippen LogP contribution is -2.41. The van der Waals surface area contributed by atoms with Crippen LogP contribution in [-0.4, -0.2) is 46.3 Å². The number of rotatable bonds is 5. The zero-order chi connectivity index (χ0) is 15.2. The van der Waals surface area contributed by atoms with E-state index in [1.165, 1.54) is 11.2 Å². The Kier molecular flexibility index (Phi) is 4.86. The summed E-state index contributed by atoms with van der Waals surface area (Å²) in [5, 5.41) is 0. The van der Waals surface area contributed by atoms with E-state index in [1.54, 1.807) is 13.1 Å². The Morgan fingerprint density at radius 2 is 2.10 bits per heavy atom. The molecule has 110 valence electrons. The number of carbonyl (C=O) groups is 2. The van der Waals surface area contributed by atoms with Crippen LogP contribution in [0.1, 0.15) is 30.7 Å². The number of hydrogen-bond acceptors (Lipinski definition) is 5. The van der Waals surface area contributed by atoms with E-state index < -0.39 is 0 Å². The molecule has 1 aromatic rings. The molecule has 0 bridgehead atoms. The third-order valence-electron chi connectivity index (χ3n) is 3.22. The van der Waals surface area contributed by atoms with Crippen LogP contribution in [0.5, 0.6) is 0 Å². The van der Waals surface area contributed by atoms with Crippen molar-refractivity contribution in [1.29, 1.82) is 0 Å². The van der Waals surface area contributed by atoms with Gasteiger partial charge in [-0.1, -0.05) is 0 Å². The number of hydrogen-bond donors (Lipinski definition) is 0. The second-order valence-electron chi connectivity index (χ2n) is 4.74. The average Bonchev–Trinajstić information content (AvgIpc) is 2.47. The lowest BCUT2D eigenvalue weighted by molar-refractivity contribution is -0.147. The van der Waals surface area contributed by atoms with Gasteiger partial charge in [-0.2, -0.15) is 0 Å². The van der Waals surface area contributed by atoms with Crippen molar-refractivity contribution in [2.24, 2.45) is 9.98 Å². The van der Waals surface area contributed by atoms with Gasteiger partial charge in [0, 0.05) is 32.0 Å². The minimum absolute atomic E-state index is 0.111. The van der Waals surface area contributed by atoms with Gasteiger partial charge in [-0.05, 0) is 20.1 Å². The van der Waals surface area contributed by atoms with E-state index in [4.69, 9.17) is 0 Å². The van der Waals surface area contributed by atoms with E-state index >= 15 is 0 Å². The van der Waals surface area contributed by atoms with E-state index in [9.17, 15) is 9.59 Å². The zero-order valence-corrected chi connectivity index (χ0v) is 11.9. The topological polar surface area (TPSA) is 87.9 Å². The van der Waals surface area contributed by atoms with Crippen molar-refractivity contribution in [2.75, 3.05) is 6.54 Å². The third kappa shape index (κ3) is 3.77. The first kappa shape index (κ1) is 15.0. The molecule has 2 rings (SSSR count). The first-order chi connectivity index (χ1) is 10.1. The number of aryl methyl sites for hydroxylation is 1. The van der Waals surface area contributed by atoms with Gasteiger partial charge in [0.2, 0.25) is 11.8 Å². The SMILES string of the molecule is C=N/C=N\c1nc(CCN2C(=O)CCCC2=O)cnc1C. The molecule has 0 spiro atoms. The van der Waals surface area contributed by atoms with Crippen molar-refractivity contribution in [3.63, 3.8) is 0 Å². The molecule has 0 radical (unpaired) electrons. The molecule has 1 fully saturated rings. The van der Waals surface area contributed by atoms with Gasteiger partial charge in [0.15, 0.2) is 5.82 Å². The zero-order valence-electron chi connectivity index (χ0n) is 11.9. The molecular weight excluding hydrogens is 270 g/mol. The van der Waals surface area contributed by atoms with Crippen LogP contribution in [0.4, 0.5) is 5.82 Å². The Bertz CT molecular complexity index is 581. The van der Waals surface area contributed by atoms with Gasteiger partial charge in [-0.25, -0.2) is 9.98 Å². The molecule has 2 amide bonds. The highest BCUT2D eigenvalue weighted by molar-refractivity contribution is 5.97. The minimum Gasteiger partial charge on any atom is -0.282 e. The lowest BCUT2D eigenvalue weighted by atomic mass is 10.1. The monoisotopic (exact) mass is 287 g/mol. The fourth-order valence-electron chi connectivity index (χ4n) is 2.09. The normalized spacial score (nSPS) is 15.8. The van der Waals surface area contributed by atoms with E-state index in [1.807, 2.05) is 0 Å². The fraction of sp³-hybridized carbons (Fsp3) is 0.429. The van der Waals surface area contributed by atoms with E-state index in [0.717, 1.165) is 0 Å². The summed E-state index contributed by atoms with van der Waals surface area (Å²) in [6.07, 6.45) is 4.92. The second-order valence-corrected chi connectivity index (χ2v) is 4.74. The molecule has 21 heavy (non-hydrogen) atoms. The number of aliphatic imine (C=N–C) groups is 2. The number of piperidine rings is 1. The van der Waals surface area contributed by atoms with Gasteiger partial charge in [0.05, 0.1) is 11.4 Å². The molecule has 0 aliphatic carbocycles. The van der Waals surface area contributed by atoms with Gasteiger partial charge in [0.1, 0.15) is 6.34 Å². The molecule has 0 unspecified atom stereocenters. The Hall–Kier alpha value is -2.44. The highest BCUT2D eigenvalue weighted by Crippen LogP contribution is 2.15. The summed E-state index contributed by atoms with van der Waals surface area (Å²) in [4.78, 5) is 40.9. The van der Waals surface area contributed by atoms with Crippen LogP contribution in [0.2, 0.25) is 0 Å². The van der Waals surface area contributed by atoms with Crippen LogP contribution in [0.15, 0.2) is 16.2 Å². The molecule has 0 atom stereocenters. The largest absolute Gasteiger partial charge is 0.282 e. The third-order valence-corrected chi connectivity index (χ3v) is 3.22. The molecule has 2 heterocycles. The predicted octanol–water partition coefficient (Wildman–Crippen LogP) is 1.23. The van der Waals surface area contributed by atoms with Crippen LogP contribution in [0.25, 0.3) is 0 Å². The lowest BCUT2D eigenvalue weighted by Gasteiger charge is -2.24. The van der Waals surface area contributed by atoms with Gasteiger partial charge in [-0.15, -0.1) is 0 Å². The molecule has 1 aliphatic heterocycles. The van der Waals surface area contributed by atoms with Gasteiger partial charge >= 0.3 is 0 Å². The van der Waals surface area contributed by atoms with Crippen LogP contribution < -0.4 is 0 Å². The molecule has 1 aliphatic rings. The molecule has 0 saturated carbocycles. The Balaban J connectivity index is 2.06. The summed E-state index contributed by atoms with van der Waals surface area (Å²) in [5.41, 5.74) is 1.37. The summed E-state index contributed by atoms with van der Waals surface area (Å²) < 4.78 is 0. The maximum atomic E-state index is 11.7. The van der Waals surface area contributed by atoms with Crippen molar-refractivity contribution >= 4 is 30.7 Å². The first-order valence-corrected chi connectivity index (χ1v) is 6.76. The number of nitrogens with zero attached hydrogens (tertiary/aromatic N) is 5. The van der Waals surface area contributed by atoms with Crippen molar-refractivity contribution < 1.29 is 9.59 Å². The highest BCUT2D eigenvalue weighted by atomic mass is 16.2. The maximum Gasteiger partial charge on any atom is 0.229 e. The molecule has 1 aromatic heterocycles. The van der Waals surface area contributed by atoms with Gasteiger partial charge in [0.25, 0.3) is 0 Å². The maximum absolute atomic E-state index is 11.7. The quantitative estimate of drug-likeness (QED) is 0.463. The van der Waals surface area contributed by atoms with Gasteiger partial charge in [-0.3, -0.25) is 24.5 Å². The number of carbonyl (C=O) groups excluding carboxylic acids is 2. The second kappa shape index (κ2) is 6.83. The Labute approximate surface area is 122 Å². The van der Waals surface area contributed by atoms with Crippen LogP contribution in [0.3, 0.4) is 0 Å². The molecule has 0 N–H and O–H groups in total. The molecule has 7 nitrogen and oxygen atoms in total. The van der Waals surface area contributed by atoms with E-state index in [0.29, 0.717) is 49.4 Å². The highest BCUT2D eigenvalue weighted by Gasteiger charge is 2.25. The van der Waals surface area contributed by atoms with Crippen molar-refractivity contribution in [1.82, 2.24) is 14.9 Å². The first-order valence-electron chi connectivity index (χ1n) is 6.76. The Morgan fingerprint density at radius 3 is 2.76 bits per heavy atom. The van der Waals surface area contributed by atoms with E-state index in [-0.39, 0.29) is 11.8 Å². The number of imide groups is 1. The van der Waals surface area contributed by atoms with Gasteiger partial charge < -0.3 is 0 Å². The van der Waals surface area contributed by atoms with E-state index in [2.05, 4.69) is 26.7 Å². The average molecular weight is 287 g/mol. The standard InChI is InChI=1S/C14H17N5O2/c1-10-14(17-9-15-2)18-11(8-16-10)6-7-19-12(20)4-3-5-13(19)21/h8-9H,2-7H2,1H3/b17-9-. The van der Waals surface area contributed by atoms with Crippen LogP contribution in [-0.2, 0) is 16.0 Å². The Morgan fingerprint density at radius 1 is 1.38 bits per heavy atom. The molecular formula is C14H17N5O2. The number of amides is 2. The number of likely N-dealkylation sites (tertiary alicyclic amines) is 1. The van der Waals surface area contributed by atoms with Crippen molar-refractivity contribution in [3.05, 3.63) is 17.6 Å². The summed E-state index contributed by atoms with van der Waals surface area (Å²) in [6.45, 7) is 5.44. The summed E-state index contributed by atoms with van der Waals surface area (Å²) in [6, 6.07) is 0. The fourth-order valence-corrected chi connectivity index (χ4v) is 2.09.